The average molecular weight is 450 g/mol. The van der Waals surface area contributed by atoms with E-state index in [1.54, 1.807) is 0 Å². The summed E-state index contributed by atoms with van der Waals surface area (Å²) in [7, 11) is 0. The van der Waals surface area contributed by atoms with Gasteiger partial charge in [0.25, 0.3) is 0 Å². The van der Waals surface area contributed by atoms with E-state index >= 15 is 0 Å². The van der Waals surface area contributed by atoms with Crippen LogP contribution in [-0.2, 0) is 14.4 Å². The zero-order chi connectivity index (χ0) is 23.6. The van der Waals surface area contributed by atoms with Crippen LogP contribution in [0.25, 0.3) is 28.1 Å². The maximum Gasteiger partial charge on any atom is 0.336 e. The summed E-state index contributed by atoms with van der Waals surface area (Å²) in [4.78, 5) is 40.9. The largest absolute Gasteiger partial charge is 0.481 e. The van der Waals surface area contributed by atoms with E-state index in [9.17, 15) is 24.6 Å². The number of aliphatic carboxylic acids is 2. The van der Waals surface area contributed by atoms with E-state index < -0.39 is 36.3 Å². The van der Waals surface area contributed by atoms with E-state index in [0.29, 0.717) is 24.4 Å². The van der Waals surface area contributed by atoms with Gasteiger partial charge in [0.1, 0.15) is 5.52 Å². The van der Waals surface area contributed by atoms with Crippen LogP contribution in [0.1, 0.15) is 24.8 Å². The van der Waals surface area contributed by atoms with Gasteiger partial charge in [-0.1, -0.05) is 30.3 Å². The van der Waals surface area contributed by atoms with Crippen LogP contribution in [0.4, 0.5) is 0 Å². The molecule has 170 valence electrons. The average Bonchev–Trinajstić information content (AvgIpc) is 3.23. The number of oxazole rings is 1. The van der Waals surface area contributed by atoms with Gasteiger partial charge in [0, 0.05) is 18.7 Å². The quantitative estimate of drug-likeness (QED) is 0.499. The number of fused-ring (bicyclic) bond motifs is 1. The molecule has 1 atom stereocenters. The van der Waals surface area contributed by atoms with Crippen molar-refractivity contribution >= 4 is 34.5 Å². The van der Waals surface area contributed by atoms with E-state index in [2.05, 4.69) is 4.98 Å². The fraction of sp³-hybridized carbons (Fsp3) is 0.250. The van der Waals surface area contributed by atoms with Gasteiger partial charge in [-0.3, -0.25) is 9.59 Å². The van der Waals surface area contributed by atoms with Crippen LogP contribution in [0.15, 0.2) is 59.0 Å². The third kappa shape index (κ3) is 4.78. The number of aliphatic hydroxyl groups is 1. The summed E-state index contributed by atoms with van der Waals surface area (Å²) in [5, 5.41) is 28.3. The van der Waals surface area contributed by atoms with Crippen LogP contribution in [0.5, 0.6) is 0 Å². The fourth-order valence-corrected chi connectivity index (χ4v) is 3.81. The Labute approximate surface area is 188 Å². The molecule has 0 bridgehead atoms. The number of para-hydroxylation sites is 2. The van der Waals surface area contributed by atoms with Crippen molar-refractivity contribution in [2.45, 2.75) is 24.9 Å². The first-order valence-corrected chi connectivity index (χ1v) is 10.4. The zero-order valence-corrected chi connectivity index (χ0v) is 17.6. The van der Waals surface area contributed by atoms with Gasteiger partial charge in [-0.15, -0.1) is 0 Å². The first-order chi connectivity index (χ1) is 15.7. The van der Waals surface area contributed by atoms with Crippen molar-refractivity contribution in [1.29, 1.82) is 0 Å². The van der Waals surface area contributed by atoms with Crippen LogP contribution < -0.4 is 0 Å². The monoisotopic (exact) mass is 450 g/mol. The van der Waals surface area contributed by atoms with Crippen molar-refractivity contribution in [2.75, 3.05) is 13.1 Å². The molecule has 1 aliphatic heterocycles. The SMILES string of the molecule is O=C(O)CC(O)(CC(=O)N1CCC=C(c2ccc(-c3nc4ccccc4o3)cc2)C1)C(=O)O. The van der Waals surface area contributed by atoms with E-state index in [-0.39, 0.29) is 6.54 Å². The number of carbonyl (C=O) groups is 3. The minimum absolute atomic E-state index is 0.226. The number of carbonyl (C=O) groups excluding carboxylic acids is 1. The summed E-state index contributed by atoms with van der Waals surface area (Å²) in [6.45, 7) is 0.579. The van der Waals surface area contributed by atoms with E-state index in [1.807, 2.05) is 54.6 Å². The third-order valence-electron chi connectivity index (χ3n) is 5.59. The van der Waals surface area contributed by atoms with Crippen molar-refractivity contribution in [3.05, 3.63) is 60.2 Å². The Balaban J connectivity index is 1.47. The third-order valence-corrected chi connectivity index (χ3v) is 5.59. The molecule has 2 heterocycles. The molecule has 0 radical (unpaired) electrons. The molecule has 1 aromatic heterocycles. The Kier molecular flexibility index (Phi) is 5.97. The Bertz CT molecular complexity index is 1210. The highest BCUT2D eigenvalue weighted by molar-refractivity contribution is 5.91. The summed E-state index contributed by atoms with van der Waals surface area (Å²) in [5.41, 5.74) is 1.38. The number of carboxylic acid groups (broad SMARTS) is 2. The summed E-state index contributed by atoms with van der Waals surface area (Å²) < 4.78 is 5.79. The van der Waals surface area contributed by atoms with E-state index in [1.165, 1.54) is 4.90 Å². The fourth-order valence-electron chi connectivity index (χ4n) is 3.81. The lowest BCUT2D eigenvalue weighted by atomic mass is 9.94. The van der Waals surface area contributed by atoms with Crippen LogP contribution in [0.2, 0.25) is 0 Å². The van der Waals surface area contributed by atoms with Gasteiger partial charge in [-0.2, -0.15) is 0 Å². The number of hydrogen-bond donors (Lipinski definition) is 3. The van der Waals surface area contributed by atoms with Gasteiger partial charge in [-0.05, 0) is 41.8 Å². The van der Waals surface area contributed by atoms with Crippen LogP contribution in [-0.4, -0.2) is 61.7 Å². The van der Waals surface area contributed by atoms with Gasteiger partial charge < -0.3 is 24.6 Å². The maximum atomic E-state index is 12.7. The number of nitrogens with zero attached hydrogens (tertiary/aromatic N) is 2. The lowest BCUT2D eigenvalue weighted by molar-refractivity contribution is -0.169. The van der Waals surface area contributed by atoms with E-state index in [0.717, 1.165) is 22.2 Å². The Morgan fingerprint density at radius 1 is 1.00 bits per heavy atom. The summed E-state index contributed by atoms with van der Waals surface area (Å²) in [6, 6.07) is 15.0. The molecule has 0 spiro atoms. The first kappa shape index (κ1) is 22.2. The van der Waals surface area contributed by atoms with Gasteiger partial charge >= 0.3 is 11.9 Å². The molecular formula is C24H22N2O7. The molecule has 0 saturated carbocycles. The number of hydrogen-bond acceptors (Lipinski definition) is 6. The van der Waals surface area contributed by atoms with Crippen molar-refractivity contribution in [1.82, 2.24) is 9.88 Å². The molecule has 0 aliphatic carbocycles. The van der Waals surface area contributed by atoms with Crippen molar-refractivity contribution < 1.29 is 34.1 Å². The Morgan fingerprint density at radius 2 is 1.70 bits per heavy atom. The predicted molar refractivity (Wildman–Crippen MR) is 118 cm³/mol. The number of rotatable bonds is 7. The standard InChI is InChI=1S/C24H22N2O7/c27-20(12-24(32,23(30)31)13-21(28)29)26-11-3-4-17(14-26)15-7-9-16(10-8-15)22-25-18-5-1-2-6-19(18)33-22/h1-2,4-10,32H,3,11-14H2,(H,28,29)(H,30,31). The predicted octanol–water partition coefficient (Wildman–Crippen LogP) is 2.79. The highest BCUT2D eigenvalue weighted by atomic mass is 16.4. The summed E-state index contributed by atoms with van der Waals surface area (Å²) in [6.07, 6.45) is 0.692. The van der Waals surface area contributed by atoms with Crippen molar-refractivity contribution in [2.24, 2.45) is 0 Å². The van der Waals surface area contributed by atoms with E-state index in [4.69, 9.17) is 9.52 Å². The second-order valence-electron chi connectivity index (χ2n) is 7.98. The molecular weight excluding hydrogens is 428 g/mol. The van der Waals surface area contributed by atoms with Gasteiger partial charge in [0.15, 0.2) is 11.2 Å². The van der Waals surface area contributed by atoms with Gasteiger partial charge in [0.2, 0.25) is 11.8 Å². The highest BCUT2D eigenvalue weighted by Crippen LogP contribution is 2.28. The second kappa shape index (κ2) is 8.87. The molecule has 9 heteroatoms. The molecule has 1 unspecified atom stereocenters. The minimum Gasteiger partial charge on any atom is -0.481 e. The normalized spacial score (nSPS) is 15.7. The smallest absolute Gasteiger partial charge is 0.336 e. The van der Waals surface area contributed by atoms with Crippen LogP contribution in [0.3, 0.4) is 0 Å². The minimum atomic E-state index is -2.65. The molecule has 3 aromatic rings. The van der Waals surface area contributed by atoms with Gasteiger partial charge in [0.05, 0.1) is 12.8 Å². The number of amides is 1. The number of benzene rings is 2. The highest BCUT2D eigenvalue weighted by Gasteiger charge is 2.42. The molecule has 4 rings (SSSR count). The molecule has 2 aromatic carbocycles. The summed E-state index contributed by atoms with van der Waals surface area (Å²) in [5.74, 6) is -3.34. The summed E-state index contributed by atoms with van der Waals surface area (Å²) >= 11 is 0. The molecule has 0 fully saturated rings. The molecule has 9 nitrogen and oxygen atoms in total. The topological polar surface area (TPSA) is 141 Å². The molecule has 1 aliphatic rings. The lowest BCUT2D eigenvalue weighted by Gasteiger charge is -2.30. The second-order valence-corrected chi connectivity index (χ2v) is 7.98. The van der Waals surface area contributed by atoms with Crippen LogP contribution in [0, 0.1) is 0 Å². The van der Waals surface area contributed by atoms with Crippen molar-refractivity contribution in [3.8, 4) is 11.5 Å². The molecule has 33 heavy (non-hydrogen) atoms. The number of carboxylic acids is 2. The molecule has 1 amide bonds. The maximum absolute atomic E-state index is 12.7. The van der Waals surface area contributed by atoms with Crippen LogP contribution >= 0.6 is 0 Å². The molecule has 0 saturated heterocycles. The lowest BCUT2D eigenvalue weighted by Crippen LogP contribution is -2.47. The first-order valence-electron chi connectivity index (χ1n) is 10.4. The number of aromatic nitrogens is 1. The van der Waals surface area contributed by atoms with Crippen molar-refractivity contribution in [3.63, 3.8) is 0 Å². The Morgan fingerprint density at radius 3 is 2.36 bits per heavy atom. The van der Waals surface area contributed by atoms with Gasteiger partial charge in [-0.25, -0.2) is 9.78 Å². The molecule has 3 N–H and O–H groups in total. The Hall–Kier alpha value is -3.98. The zero-order valence-electron chi connectivity index (χ0n) is 17.6.